The van der Waals surface area contributed by atoms with Gasteiger partial charge in [-0.25, -0.2) is 4.89 Å². The van der Waals surface area contributed by atoms with Crippen molar-refractivity contribution in [3.05, 3.63) is 54.1 Å². The Morgan fingerprint density at radius 3 is 2.48 bits per heavy atom. The fourth-order valence-electron chi connectivity index (χ4n) is 2.01. The van der Waals surface area contributed by atoms with Crippen molar-refractivity contribution in [3.8, 4) is 17.2 Å². The summed E-state index contributed by atoms with van der Waals surface area (Å²) in [5.41, 5.74) is 1.01. The van der Waals surface area contributed by atoms with Crippen molar-refractivity contribution < 1.29 is 19.6 Å². The van der Waals surface area contributed by atoms with Crippen LogP contribution in [0.25, 0.3) is 0 Å². The molecule has 2 aromatic rings. The average Bonchev–Trinajstić information content (AvgIpc) is 2.50. The molecule has 0 fully saturated rings. The molecule has 0 aromatic heterocycles. The molecule has 2 rings (SSSR count). The Balaban J connectivity index is 2.28. The number of rotatable bonds is 7. The molecule has 2 aromatic carbocycles. The van der Waals surface area contributed by atoms with E-state index in [0.29, 0.717) is 18.1 Å². The molecule has 0 radical (unpaired) electrons. The van der Waals surface area contributed by atoms with Crippen LogP contribution in [-0.2, 0) is 4.89 Å². The highest BCUT2D eigenvalue weighted by Gasteiger charge is 2.12. The van der Waals surface area contributed by atoms with Crippen LogP contribution in [0.5, 0.6) is 17.2 Å². The minimum atomic E-state index is 0.0591. The molecule has 4 nitrogen and oxygen atoms in total. The second kappa shape index (κ2) is 7.67. The molecule has 1 unspecified atom stereocenters. The SMILES string of the molecule is CCOc1ccc(C(C)COO)cc1Oc1ccccc1. The van der Waals surface area contributed by atoms with Gasteiger partial charge in [0.2, 0.25) is 0 Å². The topological polar surface area (TPSA) is 47.9 Å². The van der Waals surface area contributed by atoms with Crippen molar-refractivity contribution in [2.75, 3.05) is 13.2 Å². The van der Waals surface area contributed by atoms with Crippen molar-refractivity contribution in [1.29, 1.82) is 0 Å². The van der Waals surface area contributed by atoms with Gasteiger partial charge in [-0.1, -0.05) is 31.2 Å². The molecule has 0 aliphatic rings. The van der Waals surface area contributed by atoms with E-state index in [9.17, 15) is 0 Å². The van der Waals surface area contributed by atoms with Crippen LogP contribution >= 0.6 is 0 Å². The molecular weight excluding hydrogens is 268 g/mol. The zero-order chi connectivity index (χ0) is 15.1. The first-order valence-corrected chi connectivity index (χ1v) is 7.00. The fourth-order valence-corrected chi connectivity index (χ4v) is 2.01. The molecule has 0 saturated carbocycles. The van der Waals surface area contributed by atoms with Gasteiger partial charge in [0.25, 0.3) is 0 Å². The van der Waals surface area contributed by atoms with Gasteiger partial charge in [-0.05, 0) is 36.8 Å². The van der Waals surface area contributed by atoms with Crippen molar-refractivity contribution >= 4 is 0 Å². The molecule has 4 heteroatoms. The van der Waals surface area contributed by atoms with Crippen LogP contribution in [0.1, 0.15) is 25.3 Å². The Bertz CT molecular complexity index is 554. The van der Waals surface area contributed by atoms with Crippen LogP contribution in [0.3, 0.4) is 0 Å². The number of ether oxygens (including phenoxy) is 2. The van der Waals surface area contributed by atoms with Gasteiger partial charge in [-0.15, -0.1) is 0 Å². The molecule has 0 aliphatic heterocycles. The van der Waals surface area contributed by atoms with Gasteiger partial charge in [0.1, 0.15) is 5.75 Å². The summed E-state index contributed by atoms with van der Waals surface area (Å²) in [4.78, 5) is 4.22. The maximum atomic E-state index is 8.59. The summed E-state index contributed by atoms with van der Waals surface area (Å²) in [7, 11) is 0. The molecule has 0 heterocycles. The summed E-state index contributed by atoms with van der Waals surface area (Å²) in [5.74, 6) is 2.16. The highest BCUT2D eigenvalue weighted by atomic mass is 17.1. The zero-order valence-electron chi connectivity index (χ0n) is 12.3. The van der Waals surface area contributed by atoms with E-state index >= 15 is 0 Å². The number of para-hydroxylation sites is 1. The lowest BCUT2D eigenvalue weighted by Crippen LogP contribution is -2.03. The molecule has 0 amide bonds. The lowest BCUT2D eigenvalue weighted by atomic mass is 10.0. The third kappa shape index (κ3) is 4.21. The molecule has 1 atom stereocenters. The minimum absolute atomic E-state index is 0.0591. The third-order valence-electron chi connectivity index (χ3n) is 3.13. The third-order valence-corrected chi connectivity index (χ3v) is 3.13. The maximum Gasteiger partial charge on any atom is 0.169 e. The van der Waals surface area contributed by atoms with Crippen molar-refractivity contribution in [3.63, 3.8) is 0 Å². The van der Waals surface area contributed by atoms with Gasteiger partial charge >= 0.3 is 0 Å². The number of hydrogen-bond donors (Lipinski definition) is 1. The van der Waals surface area contributed by atoms with E-state index in [1.807, 2.05) is 62.4 Å². The highest BCUT2D eigenvalue weighted by Crippen LogP contribution is 2.34. The molecule has 112 valence electrons. The Hall–Kier alpha value is -2.04. The summed E-state index contributed by atoms with van der Waals surface area (Å²) in [6.45, 7) is 4.71. The summed E-state index contributed by atoms with van der Waals surface area (Å²) in [6.07, 6.45) is 0. The number of hydrogen-bond acceptors (Lipinski definition) is 4. The lowest BCUT2D eigenvalue weighted by Gasteiger charge is -2.15. The molecule has 21 heavy (non-hydrogen) atoms. The summed E-state index contributed by atoms with van der Waals surface area (Å²) < 4.78 is 11.5. The van der Waals surface area contributed by atoms with Crippen LogP contribution in [0, 0.1) is 0 Å². The van der Waals surface area contributed by atoms with Crippen molar-refractivity contribution in [2.45, 2.75) is 19.8 Å². The normalized spacial score (nSPS) is 12.0. The minimum Gasteiger partial charge on any atom is -0.490 e. The monoisotopic (exact) mass is 288 g/mol. The second-order valence-corrected chi connectivity index (χ2v) is 4.75. The van der Waals surface area contributed by atoms with Crippen molar-refractivity contribution in [2.24, 2.45) is 0 Å². The first-order valence-electron chi connectivity index (χ1n) is 7.00. The van der Waals surface area contributed by atoms with Gasteiger partial charge < -0.3 is 9.47 Å². The smallest absolute Gasteiger partial charge is 0.169 e. The van der Waals surface area contributed by atoms with Crippen LogP contribution < -0.4 is 9.47 Å². The van der Waals surface area contributed by atoms with Gasteiger partial charge in [-0.3, -0.25) is 5.26 Å². The van der Waals surface area contributed by atoms with Crippen molar-refractivity contribution in [1.82, 2.24) is 0 Å². The van der Waals surface area contributed by atoms with Crippen LogP contribution in [-0.4, -0.2) is 18.5 Å². The highest BCUT2D eigenvalue weighted by molar-refractivity contribution is 5.46. The average molecular weight is 288 g/mol. The molecule has 0 spiro atoms. The Kier molecular flexibility index (Phi) is 5.60. The molecule has 0 bridgehead atoms. The van der Waals surface area contributed by atoms with E-state index in [-0.39, 0.29) is 12.5 Å². The standard InChI is InChI=1S/C17H20O4/c1-3-19-16-10-9-14(13(2)12-20-18)11-17(16)21-15-7-5-4-6-8-15/h4-11,13,18H,3,12H2,1-2H3. The summed E-state index contributed by atoms with van der Waals surface area (Å²) >= 11 is 0. The van der Waals surface area contributed by atoms with Gasteiger partial charge in [0, 0.05) is 5.92 Å². The summed E-state index contributed by atoms with van der Waals surface area (Å²) in [5, 5.41) is 8.59. The Morgan fingerprint density at radius 1 is 1.05 bits per heavy atom. The second-order valence-electron chi connectivity index (χ2n) is 4.75. The molecule has 0 aliphatic carbocycles. The van der Waals surface area contributed by atoms with E-state index in [2.05, 4.69) is 4.89 Å². The quantitative estimate of drug-likeness (QED) is 0.603. The van der Waals surface area contributed by atoms with E-state index in [4.69, 9.17) is 14.7 Å². The first-order chi connectivity index (χ1) is 10.2. The predicted molar refractivity (Wildman–Crippen MR) is 81.1 cm³/mol. The molecule has 0 saturated heterocycles. The molecule has 1 N–H and O–H groups in total. The Morgan fingerprint density at radius 2 is 1.81 bits per heavy atom. The summed E-state index contributed by atoms with van der Waals surface area (Å²) in [6, 6.07) is 15.3. The van der Waals surface area contributed by atoms with Gasteiger partial charge in [0.15, 0.2) is 11.5 Å². The zero-order valence-corrected chi connectivity index (χ0v) is 12.3. The van der Waals surface area contributed by atoms with E-state index in [0.717, 1.165) is 11.3 Å². The van der Waals surface area contributed by atoms with Gasteiger partial charge in [0.05, 0.1) is 13.2 Å². The van der Waals surface area contributed by atoms with Crippen LogP contribution in [0.15, 0.2) is 48.5 Å². The fraction of sp³-hybridized carbons (Fsp3) is 0.294. The van der Waals surface area contributed by atoms with Gasteiger partial charge in [-0.2, -0.15) is 0 Å². The van der Waals surface area contributed by atoms with E-state index in [1.54, 1.807) is 0 Å². The number of benzene rings is 2. The van der Waals surface area contributed by atoms with Crippen LogP contribution in [0.4, 0.5) is 0 Å². The van der Waals surface area contributed by atoms with E-state index < -0.39 is 0 Å². The Labute approximate surface area is 124 Å². The van der Waals surface area contributed by atoms with Crippen LogP contribution in [0.2, 0.25) is 0 Å². The predicted octanol–water partition coefficient (Wildman–Crippen LogP) is 4.47. The maximum absolute atomic E-state index is 8.59. The largest absolute Gasteiger partial charge is 0.490 e. The van der Waals surface area contributed by atoms with E-state index in [1.165, 1.54) is 0 Å². The molecular formula is C17H20O4. The first kappa shape index (κ1) is 15.4. The lowest BCUT2D eigenvalue weighted by molar-refractivity contribution is -0.245.